The molecule has 0 aliphatic carbocycles. The highest BCUT2D eigenvalue weighted by atomic mass is 35.5. The van der Waals surface area contributed by atoms with Gasteiger partial charge in [0.15, 0.2) is 0 Å². The average Bonchev–Trinajstić information content (AvgIpc) is 2.61. The van der Waals surface area contributed by atoms with Gasteiger partial charge in [-0.1, -0.05) is 17.7 Å². The predicted molar refractivity (Wildman–Crippen MR) is 93.6 cm³/mol. The Kier molecular flexibility index (Phi) is 6.32. The number of hydrogen-bond donors (Lipinski definition) is 1. The Bertz CT molecular complexity index is 696. The molecule has 0 unspecified atom stereocenters. The molecule has 5 nitrogen and oxygen atoms in total. The van der Waals surface area contributed by atoms with E-state index >= 15 is 0 Å². The fourth-order valence-corrected chi connectivity index (χ4v) is 2.61. The van der Waals surface area contributed by atoms with Crippen LogP contribution >= 0.6 is 11.6 Å². The van der Waals surface area contributed by atoms with E-state index in [0.717, 1.165) is 11.3 Å². The molecule has 6 heteroatoms. The van der Waals surface area contributed by atoms with Crippen LogP contribution in [0.1, 0.15) is 15.9 Å². The number of nitrogens with one attached hydrogen (secondary N) is 1. The molecule has 0 aliphatic rings. The molecule has 1 amide bonds. The second kappa shape index (κ2) is 8.45. The number of carbonyl (C=O) groups is 1. The van der Waals surface area contributed by atoms with Gasteiger partial charge in [0.1, 0.15) is 22.8 Å². The van der Waals surface area contributed by atoms with Crippen molar-refractivity contribution in [1.82, 2.24) is 5.32 Å². The van der Waals surface area contributed by atoms with Crippen LogP contribution in [0.25, 0.3) is 0 Å². The van der Waals surface area contributed by atoms with Crippen molar-refractivity contribution in [3.63, 3.8) is 0 Å². The molecule has 0 fully saturated rings. The van der Waals surface area contributed by atoms with Gasteiger partial charge in [-0.3, -0.25) is 4.79 Å². The summed E-state index contributed by atoms with van der Waals surface area (Å²) in [7, 11) is 4.63. The van der Waals surface area contributed by atoms with Crippen LogP contribution in [0.5, 0.6) is 17.2 Å². The lowest BCUT2D eigenvalue weighted by Gasteiger charge is -2.13. The Morgan fingerprint density at radius 3 is 2.21 bits per heavy atom. The summed E-state index contributed by atoms with van der Waals surface area (Å²) in [6, 6.07) is 10.6. The second-order valence-corrected chi connectivity index (χ2v) is 5.44. The minimum Gasteiger partial charge on any atom is -0.496 e. The third kappa shape index (κ3) is 4.11. The minimum absolute atomic E-state index is 0.259. The average molecular weight is 350 g/mol. The Morgan fingerprint density at radius 2 is 1.62 bits per heavy atom. The van der Waals surface area contributed by atoms with E-state index in [1.165, 1.54) is 14.2 Å². The molecular formula is C18H20ClNO4. The van der Waals surface area contributed by atoms with Gasteiger partial charge in [-0.2, -0.15) is 0 Å². The molecule has 1 N–H and O–H groups in total. The van der Waals surface area contributed by atoms with Gasteiger partial charge in [-0.05, 0) is 42.3 Å². The van der Waals surface area contributed by atoms with Gasteiger partial charge < -0.3 is 19.5 Å². The summed E-state index contributed by atoms with van der Waals surface area (Å²) in [4.78, 5) is 12.5. The first-order valence-electron chi connectivity index (χ1n) is 7.42. The normalized spacial score (nSPS) is 10.2. The second-order valence-electron chi connectivity index (χ2n) is 5.00. The van der Waals surface area contributed by atoms with Crippen LogP contribution in [-0.4, -0.2) is 33.8 Å². The summed E-state index contributed by atoms with van der Waals surface area (Å²) >= 11 is 6.01. The molecule has 2 rings (SSSR count). The van der Waals surface area contributed by atoms with E-state index in [1.54, 1.807) is 31.4 Å². The number of amides is 1. The third-order valence-electron chi connectivity index (χ3n) is 3.58. The van der Waals surface area contributed by atoms with Gasteiger partial charge in [0.05, 0.1) is 21.3 Å². The molecule has 0 aliphatic heterocycles. The molecule has 0 radical (unpaired) electrons. The summed E-state index contributed by atoms with van der Waals surface area (Å²) < 4.78 is 15.8. The molecule has 0 saturated heterocycles. The van der Waals surface area contributed by atoms with E-state index in [4.69, 9.17) is 25.8 Å². The Labute approximate surface area is 146 Å². The smallest absolute Gasteiger partial charge is 0.258 e. The van der Waals surface area contributed by atoms with Crippen LogP contribution in [0.4, 0.5) is 0 Å². The summed E-state index contributed by atoms with van der Waals surface area (Å²) in [6.45, 7) is 0.427. The number of halogens is 1. The molecule has 0 heterocycles. The summed E-state index contributed by atoms with van der Waals surface area (Å²) in [5, 5.41) is 3.50. The summed E-state index contributed by atoms with van der Waals surface area (Å²) in [5.41, 5.74) is 1.30. The van der Waals surface area contributed by atoms with Crippen molar-refractivity contribution in [2.24, 2.45) is 0 Å². The molecule has 0 saturated carbocycles. The topological polar surface area (TPSA) is 56.8 Å². The fourth-order valence-electron chi connectivity index (χ4n) is 2.42. The molecule has 24 heavy (non-hydrogen) atoms. The van der Waals surface area contributed by atoms with Crippen molar-refractivity contribution in [3.8, 4) is 17.2 Å². The number of carbonyl (C=O) groups excluding carboxylic acids is 1. The van der Waals surface area contributed by atoms with Gasteiger partial charge in [-0.25, -0.2) is 0 Å². The highest BCUT2D eigenvalue weighted by Gasteiger charge is 2.17. The molecular weight excluding hydrogens is 330 g/mol. The van der Waals surface area contributed by atoms with Crippen molar-refractivity contribution in [2.45, 2.75) is 6.42 Å². The maximum atomic E-state index is 12.5. The Balaban J connectivity index is 2.08. The zero-order valence-electron chi connectivity index (χ0n) is 13.9. The van der Waals surface area contributed by atoms with Crippen molar-refractivity contribution in [1.29, 1.82) is 0 Å². The van der Waals surface area contributed by atoms with E-state index < -0.39 is 0 Å². The van der Waals surface area contributed by atoms with Gasteiger partial charge in [-0.15, -0.1) is 0 Å². The van der Waals surface area contributed by atoms with Crippen LogP contribution < -0.4 is 19.5 Å². The highest BCUT2D eigenvalue weighted by molar-refractivity contribution is 6.30. The van der Waals surface area contributed by atoms with Crippen LogP contribution in [0.2, 0.25) is 5.02 Å². The first-order valence-corrected chi connectivity index (χ1v) is 7.80. The van der Waals surface area contributed by atoms with Crippen LogP contribution in [0.3, 0.4) is 0 Å². The van der Waals surface area contributed by atoms with E-state index in [-0.39, 0.29) is 5.91 Å². The Hall–Kier alpha value is -2.40. The largest absolute Gasteiger partial charge is 0.496 e. The summed E-state index contributed by atoms with van der Waals surface area (Å²) in [5.74, 6) is 1.41. The summed E-state index contributed by atoms with van der Waals surface area (Å²) in [6.07, 6.45) is 0.590. The molecule has 2 aromatic carbocycles. The molecule has 0 aromatic heterocycles. The number of hydrogen-bond acceptors (Lipinski definition) is 4. The van der Waals surface area contributed by atoms with Crippen LogP contribution in [0, 0.1) is 0 Å². The quantitative estimate of drug-likeness (QED) is 0.833. The van der Waals surface area contributed by atoms with Crippen molar-refractivity contribution in [3.05, 3.63) is 52.5 Å². The maximum absolute atomic E-state index is 12.5. The number of rotatable bonds is 7. The first kappa shape index (κ1) is 17.9. The van der Waals surface area contributed by atoms with Crippen LogP contribution in [0.15, 0.2) is 36.4 Å². The number of ether oxygens (including phenoxy) is 3. The van der Waals surface area contributed by atoms with E-state index in [2.05, 4.69) is 5.32 Å². The van der Waals surface area contributed by atoms with E-state index in [1.807, 2.05) is 12.1 Å². The SMILES string of the molecule is COc1ccc(Cl)cc1CCNC(=O)c1c(OC)cccc1OC. The van der Waals surface area contributed by atoms with Gasteiger partial charge in [0.2, 0.25) is 0 Å². The fraction of sp³-hybridized carbons (Fsp3) is 0.278. The molecule has 0 bridgehead atoms. The lowest BCUT2D eigenvalue weighted by atomic mass is 10.1. The van der Waals surface area contributed by atoms with E-state index in [0.29, 0.717) is 35.1 Å². The van der Waals surface area contributed by atoms with Gasteiger partial charge in [0, 0.05) is 11.6 Å². The zero-order valence-corrected chi connectivity index (χ0v) is 14.6. The predicted octanol–water partition coefficient (Wildman–Crippen LogP) is 3.34. The molecule has 0 spiro atoms. The lowest BCUT2D eigenvalue weighted by Crippen LogP contribution is -2.26. The standard InChI is InChI=1S/C18H20ClNO4/c1-22-14-8-7-13(19)11-12(14)9-10-20-18(21)17-15(23-2)5-4-6-16(17)24-3/h4-8,11H,9-10H2,1-3H3,(H,20,21). The zero-order chi connectivity index (χ0) is 17.5. The van der Waals surface area contributed by atoms with Crippen molar-refractivity contribution in [2.75, 3.05) is 27.9 Å². The van der Waals surface area contributed by atoms with E-state index in [9.17, 15) is 4.79 Å². The number of benzene rings is 2. The van der Waals surface area contributed by atoms with Gasteiger partial charge >= 0.3 is 0 Å². The highest BCUT2D eigenvalue weighted by Crippen LogP contribution is 2.28. The third-order valence-corrected chi connectivity index (χ3v) is 3.81. The number of methoxy groups -OCH3 is 3. The Morgan fingerprint density at radius 1 is 1.00 bits per heavy atom. The van der Waals surface area contributed by atoms with Gasteiger partial charge in [0.25, 0.3) is 5.91 Å². The van der Waals surface area contributed by atoms with Crippen LogP contribution in [-0.2, 0) is 6.42 Å². The monoisotopic (exact) mass is 349 g/mol. The minimum atomic E-state index is -0.259. The van der Waals surface area contributed by atoms with Crippen molar-refractivity contribution >= 4 is 17.5 Å². The molecule has 0 atom stereocenters. The molecule has 2 aromatic rings. The van der Waals surface area contributed by atoms with Crippen molar-refractivity contribution < 1.29 is 19.0 Å². The lowest BCUT2D eigenvalue weighted by molar-refractivity contribution is 0.0948. The maximum Gasteiger partial charge on any atom is 0.258 e. The first-order chi connectivity index (χ1) is 11.6. The molecule has 128 valence electrons.